The minimum atomic E-state index is -1.03. The second-order valence-corrected chi connectivity index (χ2v) is 5.34. The van der Waals surface area contributed by atoms with Crippen LogP contribution in [-0.4, -0.2) is 11.7 Å². The topological polar surface area (TPSA) is 32.3 Å². The van der Waals surface area contributed by atoms with Crippen LogP contribution in [0.1, 0.15) is 37.0 Å². The normalized spacial score (nSPS) is 12.5. The summed E-state index contributed by atoms with van der Waals surface area (Å²) >= 11 is 0. The van der Waals surface area contributed by atoms with Crippen molar-refractivity contribution >= 4 is 5.69 Å². The maximum absolute atomic E-state index is 13.6. The smallest absolute Gasteiger partial charge is 0.131 e. The summed E-state index contributed by atoms with van der Waals surface area (Å²) in [5.41, 5.74) is 2.13. The Morgan fingerprint density at radius 1 is 1.10 bits per heavy atom. The third-order valence-electron chi connectivity index (χ3n) is 3.37. The van der Waals surface area contributed by atoms with Crippen molar-refractivity contribution in [2.75, 3.05) is 11.9 Å². The molecule has 0 spiro atoms. The fraction of sp³-hybridized carbons (Fsp3) is 0.294. The molecule has 0 fully saturated rings. The van der Waals surface area contributed by atoms with Gasteiger partial charge in [-0.3, -0.25) is 0 Å². The van der Waals surface area contributed by atoms with Gasteiger partial charge >= 0.3 is 0 Å². The van der Waals surface area contributed by atoms with Crippen molar-refractivity contribution in [1.29, 1.82) is 0 Å². The van der Waals surface area contributed by atoms with Crippen LogP contribution in [0.4, 0.5) is 14.5 Å². The van der Waals surface area contributed by atoms with Gasteiger partial charge in [0, 0.05) is 23.9 Å². The van der Waals surface area contributed by atoms with Gasteiger partial charge in [0.15, 0.2) is 0 Å². The molecule has 0 aliphatic heterocycles. The Hall–Kier alpha value is -1.94. The molecule has 0 saturated carbocycles. The van der Waals surface area contributed by atoms with E-state index in [2.05, 4.69) is 19.2 Å². The summed E-state index contributed by atoms with van der Waals surface area (Å²) in [6.07, 6.45) is -1.03. The average molecular weight is 291 g/mol. The zero-order valence-corrected chi connectivity index (χ0v) is 12.1. The number of hydrogen-bond donors (Lipinski definition) is 2. The van der Waals surface area contributed by atoms with Crippen LogP contribution in [0.2, 0.25) is 0 Å². The van der Waals surface area contributed by atoms with E-state index >= 15 is 0 Å². The van der Waals surface area contributed by atoms with Gasteiger partial charge in [-0.15, -0.1) is 0 Å². The highest BCUT2D eigenvalue weighted by Crippen LogP contribution is 2.21. The predicted molar refractivity (Wildman–Crippen MR) is 80.3 cm³/mol. The molecule has 1 atom stereocenters. The summed E-state index contributed by atoms with van der Waals surface area (Å²) in [4.78, 5) is 0. The molecular formula is C17H19F2NO. The first-order valence-corrected chi connectivity index (χ1v) is 6.94. The van der Waals surface area contributed by atoms with Gasteiger partial charge in [0.2, 0.25) is 0 Å². The molecule has 112 valence electrons. The van der Waals surface area contributed by atoms with Gasteiger partial charge in [-0.2, -0.15) is 0 Å². The second-order valence-electron chi connectivity index (χ2n) is 5.34. The molecule has 0 aliphatic carbocycles. The molecule has 0 amide bonds. The number of rotatable bonds is 5. The van der Waals surface area contributed by atoms with Crippen LogP contribution in [0, 0.1) is 11.6 Å². The molecule has 21 heavy (non-hydrogen) atoms. The van der Waals surface area contributed by atoms with Crippen LogP contribution < -0.4 is 5.32 Å². The lowest BCUT2D eigenvalue weighted by molar-refractivity contribution is 0.186. The minimum Gasteiger partial charge on any atom is -0.386 e. The van der Waals surface area contributed by atoms with E-state index in [0.717, 1.165) is 17.8 Å². The number of nitrogens with one attached hydrogen (secondary N) is 1. The van der Waals surface area contributed by atoms with Crippen molar-refractivity contribution in [3.05, 3.63) is 65.2 Å². The van der Waals surface area contributed by atoms with Crippen molar-refractivity contribution < 1.29 is 13.9 Å². The first-order valence-electron chi connectivity index (χ1n) is 6.94. The molecule has 0 radical (unpaired) electrons. The highest BCUT2D eigenvalue weighted by atomic mass is 19.1. The van der Waals surface area contributed by atoms with Gasteiger partial charge in [0.1, 0.15) is 11.6 Å². The monoisotopic (exact) mass is 291 g/mol. The number of halogens is 2. The summed E-state index contributed by atoms with van der Waals surface area (Å²) in [7, 11) is 0. The van der Waals surface area contributed by atoms with E-state index in [9.17, 15) is 13.9 Å². The van der Waals surface area contributed by atoms with E-state index in [-0.39, 0.29) is 12.1 Å². The average Bonchev–Trinajstić information content (AvgIpc) is 2.45. The molecule has 2 aromatic carbocycles. The van der Waals surface area contributed by atoms with Gasteiger partial charge in [-0.05, 0) is 29.7 Å². The predicted octanol–water partition coefficient (Wildman–Crippen LogP) is 4.23. The third kappa shape index (κ3) is 4.02. The fourth-order valence-electron chi connectivity index (χ4n) is 2.10. The zero-order valence-electron chi connectivity index (χ0n) is 12.1. The van der Waals surface area contributed by atoms with Crippen molar-refractivity contribution in [2.45, 2.75) is 25.9 Å². The second kappa shape index (κ2) is 6.68. The van der Waals surface area contributed by atoms with E-state index in [1.165, 1.54) is 11.6 Å². The summed E-state index contributed by atoms with van der Waals surface area (Å²) in [5.74, 6) is -0.979. The first kappa shape index (κ1) is 15.4. The van der Waals surface area contributed by atoms with Gasteiger partial charge in [0.05, 0.1) is 6.10 Å². The number of anilines is 1. The lowest BCUT2D eigenvalue weighted by Gasteiger charge is -2.15. The number of hydrogen-bond acceptors (Lipinski definition) is 2. The molecular weight excluding hydrogens is 272 g/mol. The van der Waals surface area contributed by atoms with E-state index in [1.807, 2.05) is 24.3 Å². The number of aliphatic hydroxyl groups excluding tert-OH is 1. The standard InChI is InChI=1S/C17H19F2NO/c1-11(2)12-4-3-5-14(8-12)20-10-17(21)15-7-6-13(18)9-16(15)19/h3-9,11,17,20-21H,10H2,1-2H3. The Morgan fingerprint density at radius 3 is 2.52 bits per heavy atom. The van der Waals surface area contributed by atoms with Crippen molar-refractivity contribution in [2.24, 2.45) is 0 Å². The van der Waals surface area contributed by atoms with Crippen molar-refractivity contribution in [1.82, 2.24) is 0 Å². The van der Waals surface area contributed by atoms with E-state index in [0.29, 0.717) is 5.92 Å². The Bertz CT molecular complexity index is 613. The minimum absolute atomic E-state index is 0.0870. The molecule has 4 heteroatoms. The molecule has 0 aliphatic rings. The van der Waals surface area contributed by atoms with Gasteiger partial charge in [0.25, 0.3) is 0 Å². The van der Waals surface area contributed by atoms with E-state index < -0.39 is 17.7 Å². The third-order valence-corrected chi connectivity index (χ3v) is 3.37. The largest absolute Gasteiger partial charge is 0.386 e. The Morgan fingerprint density at radius 2 is 1.86 bits per heavy atom. The van der Waals surface area contributed by atoms with Crippen molar-refractivity contribution in [3.63, 3.8) is 0 Å². The van der Waals surface area contributed by atoms with Crippen LogP contribution in [0.15, 0.2) is 42.5 Å². The molecule has 0 bridgehead atoms. The van der Waals surface area contributed by atoms with Crippen LogP contribution in [0.25, 0.3) is 0 Å². The van der Waals surface area contributed by atoms with Crippen LogP contribution in [0.5, 0.6) is 0 Å². The Labute approximate surface area is 123 Å². The number of aliphatic hydroxyl groups is 1. The maximum atomic E-state index is 13.6. The highest BCUT2D eigenvalue weighted by molar-refractivity contribution is 5.46. The Kier molecular flexibility index (Phi) is 4.91. The van der Waals surface area contributed by atoms with Gasteiger partial charge in [-0.1, -0.05) is 32.0 Å². The van der Waals surface area contributed by atoms with Crippen LogP contribution in [-0.2, 0) is 0 Å². The number of benzene rings is 2. The van der Waals surface area contributed by atoms with Gasteiger partial charge < -0.3 is 10.4 Å². The summed E-state index contributed by atoms with van der Waals surface area (Å²) in [6.45, 7) is 4.35. The molecule has 2 rings (SSSR count). The first-order chi connectivity index (χ1) is 9.97. The molecule has 0 saturated heterocycles. The zero-order chi connectivity index (χ0) is 15.4. The fourth-order valence-corrected chi connectivity index (χ4v) is 2.10. The van der Waals surface area contributed by atoms with Crippen molar-refractivity contribution in [3.8, 4) is 0 Å². The quantitative estimate of drug-likeness (QED) is 0.864. The molecule has 0 aromatic heterocycles. The maximum Gasteiger partial charge on any atom is 0.131 e. The van der Waals surface area contributed by atoms with E-state index in [4.69, 9.17) is 0 Å². The highest BCUT2D eigenvalue weighted by Gasteiger charge is 2.13. The summed E-state index contributed by atoms with van der Waals surface area (Å²) in [5, 5.41) is 13.1. The molecule has 0 heterocycles. The lowest BCUT2D eigenvalue weighted by Crippen LogP contribution is -2.13. The van der Waals surface area contributed by atoms with E-state index in [1.54, 1.807) is 0 Å². The lowest BCUT2D eigenvalue weighted by atomic mass is 10.0. The van der Waals surface area contributed by atoms with Gasteiger partial charge in [-0.25, -0.2) is 8.78 Å². The molecule has 2 nitrogen and oxygen atoms in total. The summed E-state index contributed by atoms with van der Waals surface area (Å²) in [6, 6.07) is 11.0. The summed E-state index contributed by atoms with van der Waals surface area (Å²) < 4.78 is 26.4. The van der Waals surface area contributed by atoms with Crippen LogP contribution >= 0.6 is 0 Å². The SMILES string of the molecule is CC(C)c1cccc(NCC(O)c2ccc(F)cc2F)c1. The molecule has 2 aromatic rings. The molecule has 2 N–H and O–H groups in total. The Balaban J connectivity index is 2.03. The van der Waals surface area contributed by atoms with Crippen LogP contribution in [0.3, 0.4) is 0 Å². The molecule has 1 unspecified atom stereocenters.